The van der Waals surface area contributed by atoms with Crippen LogP contribution < -0.4 is 5.48 Å². The molecule has 1 aliphatic heterocycles. The predicted molar refractivity (Wildman–Crippen MR) is 89.5 cm³/mol. The fourth-order valence-corrected chi connectivity index (χ4v) is 4.02. The lowest BCUT2D eigenvalue weighted by atomic mass is 9.69. The lowest BCUT2D eigenvalue weighted by Crippen LogP contribution is -2.47. The average molecular weight is 327 g/mol. The molecule has 0 radical (unpaired) electrons. The number of benzene rings is 2. The summed E-state index contributed by atoms with van der Waals surface area (Å²) in [6.45, 7) is 1.22. The summed E-state index contributed by atoms with van der Waals surface area (Å²) < 4.78 is 20.5. The van der Waals surface area contributed by atoms with Gasteiger partial charge < -0.3 is 9.57 Å². The van der Waals surface area contributed by atoms with Crippen molar-refractivity contribution in [1.82, 2.24) is 5.48 Å². The Labute approximate surface area is 141 Å². The quantitative estimate of drug-likeness (QED) is 0.922. The van der Waals surface area contributed by atoms with E-state index in [4.69, 9.17) is 9.57 Å². The number of hydroxylamine groups is 1. The van der Waals surface area contributed by atoms with E-state index < -0.39 is 5.54 Å². The van der Waals surface area contributed by atoms with Crippen LogP contribution in [0.1, 0.15) is 30.4 Å². The second-order valence-corrected chi connectivity index (χ2v) is 6.75. The van der Waals surface area contributed by atoms with Crippen LogP contribution in [0, 0.1) is 11.7 Å². The van der Waals surface area contributed by atoms with Crippen LogP contribution >= 0.6 is 0 Å². The molecule has 2 aromatic rings. The van der Waals surface area contributed by atoms with E-state index in [0.717, 1.165) is 19.3 Å². The largest absolute Gasteiger partial charge is 0.374 e. The molecule has 1 heterocycles. The van der Waals surface area contributed by atoms with E-state index in [0.29, 0.717) is 18.8 Å². The highest BCUT2D eigenvalue weighted by molar-refractivity contribution is 5.29. The van der Waals surface area contributed by atoms with Gasteiger partial charge in [0.1, 0.15) is 5.82 Å². The first-order valence-electron chi connectivity index (χ1n) is 8.57. The molecular weight excluding hydrogens is 305 g/mol. The Morgan fingerprint density at radius 1 is 1.12 bits per heavy atom. The van der Waals surface area contributed by atoms with Crippen molar-refractivity contribution in [2.75, 3.05) is 6.61 Å². The van der Waals surface area contributed by atoms with Gasteiger partial charge in [-0.2, -0.15) is 5.48 Å². The molecule has 4 heteroatoms. The minimum Gasteiger partial charge on any atom is -0.374 e. The first-order valence-corrected chi connectivity index (χ1v) is 8.57. The Morgan fingerprint density at radius 3 is 2.75 bits per heavy atom. The summed E-state index contributed by atoms with van der Waals surface area (Å²) in [6, 6.07) is 17.2. The molecule has 1 aliphatic carbocycles. The summed E-state index contributed by atoms with van der Waals surface area (Å²) in [6.07, 6.45) is 2.79. The van der Waals surface area contributed by atoms with E-state index in [1.54, 1.807) is 6.07 Å². The Kier molecular flexibility index (Phi) is 4.35. The molecule has 0 bridgehead atoms. The molecular formula is C20H22FNO2. The first-order chi connectivity index (χ1) is 11.8. The molecule has 2 unspecified atom stereocenters. The van der Waals surface area contributed by atoms with Gasteiger partial charge in [0.25, 0.3) is 0 Å². The van der Waals surface area contributed by atoms with Gasteiger partial charge in [0, 0.05) is 11.5 Å². The maximum absolute atomic E-state index is 14.3. The van der Waals surface area contributed by atoms with Crippen molar-refractivity contribution in [2.45, 2.75) is 37.5 Å². The van der Waals surface area contributed by atoms with E-state index in [2.05, 4.69) is 17.6 Å². The van der Waals surface area contributed by atoms with Crippen molar-refractivity contribution in [3.63, 3.8) is 0 Å². The van der Waals surface area contributed by atoms with Gasteiger partial charge in [-0.05, 0) is 30.9 Å². The number of halogens is 1. The second kappa shape index (κ2) is 6.63. The van der Waals surface area contributed by atoms with E-state index in [-0.39, 0.29) is 17.8 Å². The van der Waals surface area contributed by atoms with Gasteiger partial charge in [-0.25, -0.2) is 4.39 Å². The third-order valence-electron chi connectivity index (χ3n) is 5.33. The molecule has 3 atom stereocenters. The third-order valence-corrected chi connectivity index (χ3v) is 5.33. The summed E-state index contributed by atoms with van der Waals surface area (Å²) in [4.78, 5) is 5.54. The maximum atomic E-state index is 14.3. The second-order valence-electron chi connectivity index (χ2n) is 6.75. The molecule has 1 saturated carbocycles. The molecule has 2 aliphatic rings. The van der Waals surface area contributed by atoms with Crippen LogP contribution in [0.25, 0.3) is 0 Å². The molecule has 2 fully saturated rings. The Bertz CT molecular complexity index is 693. The highest BCUT2D eigenvalue weighted by atomic mass is 19.1. The van der Waals surface area contributed by atoms with Gasteiger partial charge in [0.05, 0.1) is 24.9 Å². The number of nitrogens with one attached hydrogen (secondary N) is 1. The molecule has 24 heavy (non-hydrogen) atoms. The monoisotopic (exact) mass is 327 g/mol. The Balaban J connectivity index is 1.46. The topological polar surface area (TPSA) is 30.5 Å². The van der Waals surface area contributed by atoms with Gasteiger partial charge in [-0.15, -0.1) is 0 Å². The van der Waals surface area contributed by atoms with Crippen LogP contribution in [0.5, 0.6) is 0 Å². The third kappa shape index (κ3) is 2.86. The highest BCUT2D eigenvalue weighted by Gasteiger charge is 2.50. The number of ether oxygens (including phenoxy) is 1. The number of fused-ring (bicyclic) bond motifs is 1. The molecule has 126 valence electrons. The van der Waals surface area contributed by atoms with Crippen LogP contribution in [0.4, 0.5) is 4.39 Å². The molecule has 3 nitrogen and oxygen atoms in total. The van der Waals surface area contributed by atoms with Gasteiger partial charge in [-0.3, -0.25) is 0 Å². The zero-order valence-corrected chi connectivity index (χ0v) is 13.6. The fraction of sp³-hybridized carbons (Fsp3) is 0.400. The Morgan fingerprint density at radius 2 is 1.92 bits per heavy atom. The van der Waals surface area contributed by atoms with Crippen molar-refractivity contribution >= 4 is 0 Å². The van der Waals surface area contributed by atoms with E-state index in [1.807, 2.05) is 30.3 Å². The molecule has 0 aromatic heterocycles. The standard InChI is InChI=1S/C20H22FNO2/c21-19-9-5-4-8-18(19)20-11-10-17(12-16(20)14-24-22-20)23-13-15-6-2-1-3-7-15/h1-9,16-17,22H,10-14H2/t16?,17-,20?/m1/s1. The summed E-state index contributed by atoms with van der Waals surface area (Å²) in [7, 11) is 0. The lowest BCUT2D eigenvalue weighted by molar-refractivity contribution is -0.0204. The van der Waals surface area contributed by atoms with Gasteiger partial charge in [0.2, 0.25) is 0 Å². The summed E-state index contributed by atoms with van der Waals surface area (Å²) in [5, 5.41) is 0. The zero-order valence-electron chi connectivity index (χ0n) is 13.6. The van der Waals surface area contributed by atoms with E-state index >= 15 is 0 Å². The number of hydrogen-bond donors (Lipinski definition) is 1. The molecule has 2 aromatic carbocycles. The van der Waals surface area contributed by atoms with Crippen LogP contribution in [0.3, 0.4) is 0 Å². The van der Waals surface area contributed by atoms with Crippen LogP contribution in [0.15, 0.2) is 54.6 Å². The van der Waals surface area contributed by atoms with Crippen LogP contribution in [0.2, 0.25) is 0 Å². The minimum atomic E-state index is -0.419. The Hall–Kier alpha value is -1.75. The molecule has 0 amide bonds. The van der Waals surface area contributed by atoms with Crippen molar-refractivity contribution in [1.29, 1.82) is 0 Å². The van der Waals surface area contributed by atoms with Gasteiger partial charge >= 0.3 is 0 Å². The predicted octanol–water partition coefficient (Wildman–Crippen LogP) is 3.94. The van der Waals surface area contributed by atoms with E-state index in [1.165, 1.54) is 11.6 Å². The highest BCUT2D eigenvalue weighted by Crippen LogP contribution is 2.46. The molecule has 4 rings (SSSR count). The van der Waals surface area contributed by atoms with Gasteiger partial charge in [-0.1, -0.05) is 48.5 Å². The molecule has 1 saturated heterocycles. The summed E-state index contributed by atoms with van der Waals surface area (Å²) in [5.41, 5.74) is 4.61. The normalized spacial score (nSPS) is 29.4. The fourth-order valence-electron chi connectivity index (χ4n) is 4.02. The zero-order chi connectivity index (χ0) is 16.4. The van der Waals surface area contributed by atoms with Crippen molar-refractivity contribution < 1.29 is 14.0 Å². The SMILES string of the molecule is Fc1ccccc1C12CC[C@@H](OCc3ccccc3)CC1CON2. The van der Waals surface area contributed by atoms with Crippen LogP contribution in [-0.2, 0) is 21.7 Å². The minimum absolute atomic E-state index is 0.163. The molecule has 1 N–H and O–H groups in total. The molecule has 0 spiro atoms. The van der Waals surface area contributed by atoms with E-state index in [9.17, 15) is 4.39 Å². The first kappa shape index (κ1) is 15.8. The number of hydrogen-bond acceptors (Lipinski definition) is 3. The summed E-state index contributed by atoms with van der Waals surface area (Å²) in [5.74, 6) is 0.0630. The van der Waals surface area contributed by atoms with Crippen molar-refractivity contribution in [3.05, 3.63) is 71.5 Å². The van der Waals surface area contributed by atoms with Gasteiger partial charge in [0.15, 0.2) is 0 Å². The van der Waals surface area contributed by atoms with Crippen molar-refractivity contribution in [3.8, 4) is 0 Å². The average Bonchev–Trinajstić information content (AvgIpc) is 3.05. The summed E-state index contributed by atoms with van der Waals surface area (Å²) >= 11 is 0. The van der Waals surface area contributed by atoms with Crippen molar-refractivity contribution in [2.24, 2.45) is 5.92 Å². The maximum Gasteiger partial charge on any atom is 0.128 e. The number of rotatable bonds is 4. The lowest BCUT2D eigenvalue weighted by Gasteiger charge is -2.41. The van der Waals surface area contributed by atoms with Crippen LogP contribution in [-0.4, -0.2) is 12.7 Å². The smallest absolute Gasteiger partial charge is 0.128 e.